The van der Waals surface area contributed by atoms with Crippen molar-refractivity contribution in [1.82, 2.24) is 14.8 Å². The van der Waals surface area contributed by atoms with Crippen molar-refractivity contribution < 1.29 is 4.79 Å². The summed E-state index contributed by atoms with van der Waals surface area (Å²) in [7, 11) is 2.18. The molecular formula is C24H31N5O. The largest absolute Gasteiger partial charge is 0.371 e. The van der Waals surface area contributed by atoms with E-state index in [-0.39, 0.29) is 5.91 Å². The van der Waals surface area contributed by atoms with Gasteiger partial charge in [-0.3, -0.25) is 9.69 Å². The van der Waals surface area contributed by atoms with Crippen LogP contribution in [0.25, 0.3) is 0 Å². The van der Waals surface area contributed by atoms with Gasteiger partial charge in [0.05, 0.1) is 5.41 Å². The highest BCUT2D eigenvalue weighted by Crippen LogP contribution is 2.45. The van der Waals surface area contributed by atoms with Gasteiger partial charge in [-0.2, -0.15) is 0 Å². The summed E-state index contributed by atoms with van der Waals surface area (Å²) >= 11 is 0. The molecule has 0 atom stereocenters. The van der Waals surface area contributed by atoms with Gasteiger partial charge in [-0.25, -0.2) is 4.98 Å². The molecule has 1 aromatic heterocycles. The summed E-state index contributed by atoms with van der Waals surface area (Å²) < 4.78 is 0. The summed E-state index contributed by atoms with van der Waals surface area (Å²) in [5.41, 5.74) is 4.42. The van der Waals surface area contributed by atoms with Crippen LogP contribution in [0, 0.1) is 6.92 Å². The first-order chi connectivity index (χ1) is 14.5. The molecular weight excluding hydrogens is 374 g/mol. The Hall–Kier alpha value is -2.44. The summed E-state index contributed by atoms with van der Waals surface area (Å²) in [6.07, 6.45) is 3.61. The van der Waals surface area contributed by atoms with Crippen LogP contribution in [0.15, 0.2) is 36.5 Å². The van der Waals surface area contributed by atoms with Gasteiger partial charge in [0.15, 0.2) is 0 Å². The number of piperidine rings is 1. The van der Waals surface area contributed by atoms with Crippen LogP contribution in [0.4, 0.5) is 11.5 Å². The van der Waals surface area contributed by atoms with E-state index in [0.29, 0.717) is 0 Å². The average molecular weight is 406 g/mol. The molecule has 5 rings (SSSR count). The number of carbonyl (C=O) groups excluding carboxylic acids is 1. The quantitative estimate of drug-likeness (QED) is 0.851. The van der Waals surface area contributed by atoms with E-state index < -0.39 is 5.41 Å². The third kappa shape index (κ3) is 3.48. The Morgan fingerprint density at radius 3 is 2.43 bits per heavy atom. The number of rotatable bonds is 3. The summed E-state index contributed by atoms with van der Waals surface area (Å²) in [5.74, 6) is 0.899. The van der Waals surface area contributed by atoms with Crippen LogP contribution in [0.1, 0.15) is 29.5 Å². The first-order valence-corrected chi connectivity index (χ1v) is 11.1. The molecule has 2 fully saturated rings. The van der Waals surface area contributed by atoms with Gasteiger partial charge in [-0.15, -0.1) is 0 Å². The number of pyridine rings is 1. The third-order valence-corrected chi connectivity index (χ3v) is 7.14. The molecule has 2 saturated heterocycles. The van der Waals surface area contributed by atoms with Crippen molar-refractivity contribution in [2.24, 2.45) is 0 Å². The molecule has 0 bridgehead atoms. The van der Waals surface area contributed by atoms with Gasteiger partial charge in [-0.1, -0.05) is 17.7 Å². The van der Waals surface area contributed by atoms with Gasteiger partial charge < -0.3 is 15.1 Å². The molecule has 6 heteroatoms. The number of carbonyl (C=O) groups is 1. The molecule has 1 N–H and O–H groups in total. The van der Waals surface area contributed by atoms with E-state index in [1.807, 2.05) is 6.20 Å². The van der Waals surface area contributed by atoms with E-state index in [2.05, 4.69) is 69.3 Å². The smallest absolute Gasteiger partial charge is 0.236 e. The number of anilines is 2. The molecule has 30 heavy (non-hydrogen) atoms. The second kappa shape index (κ2) is 7.67. The van der Waals surface area contributed by atoms with Crippen LogP contribution in [0.3, 0.4) is 0 Å². The molecule has 1 amide bonds. The number of piperazine rings is 1. The van der Waals surface area contributed by atoms with E-state index in [1.54, 1.807) is 0 Å². The monoisotopic (exact) mass is 405 g/mol. The Balaban J connectivity index is 1.34. The second-order valence-corrected chi connectivity index (χ2v) is 9.18. The van der Waals surface area contributed by atoms with Gasteiger partial charge in [-0.05, 0) is 50.6 Å². The van der Waals surface area contributed by atoms with Gasteiger partial charge in [0.1, 0.15) is 5.82 Å². The number of nitrogens with zero attached hydrogens (tertiary/aromatic N) is 4. The van der Waals surface area contributed by atoms with Crippen molar-refractivity contribution >= 4 is 17.4 Å². The van der Waals surface area contributed by atoms with Crippen LogP contribution < -0.4 is 10.2 Å². The SMILES string of the molecule is Cc1ccc(N2CCC3(CC2)C(=O)Nc2ncc(CN4CCN(C)CC4)cc23)cc1. The van der Waals surface area contributed by atoms with E-state index in [0.717, 1.165) is 70.0 Å². The molecule has 3 aliphatic heterocycles. The van der Waals surface area contributed by atoms with Crippen LogP contribution in [-0.4, -0.2) is 67.0 Å². The Morgan fingerprint density at radius 1 is 1.03 bits per heavy atom. The molecule has 6 nitrogen and oxygen atoms in total. The number of benzene rings is 1. The fourth-order valence-electron chi connectivity index (χ4n) is 5.07. The van der Waals surface area contributed by atoms with Gasteiger partial charge in [0.2, 0.25) is 5.91 Å². The summed E-state index contributed by atoms with van der Waals surface area (Å²) in [6.45, 7) is 9.18. The molecule has 1 aromatic carbocycles. The Bertz CT molecular complexity index is 925. The lowest BCUT2D eigenvalue weighted by Gasteiger charge is -2.39. The maximum Gasteiger partial charge on any atom is 0.236 e. The zero-order valence-electron chi connectivity index (χ0n) is 18.0. The summed E-state index contributed by atoms with van der Waals surface area (Å²) in [4.78, 5) is 25.0. The fraction of sp³-hybridized carbons (Fsp3) is 0.500. The lowest BCUT2D eigenvalue weighted by atomic mass is 9.73. The molecule has 4 heterocycles. The standard InChI is InChI=1S/C24H31N5O/c1-18-3-5-20(6-4-18)29-9-7-24(8-10-29)21-15-19(16-25-22(21)26-23(24)30)17-28-13-11-27(2)12-14-28/h3-6,15-16H,7-14,17H2,1-2H3,(H,25,26,30). The number of nitrogens with one attached hydrogen (secondary N) is 1. The number of amides is 1. The highest BCUT2D eigenvalue weighted by atomic mass is 16.2. The maximum atomic E-state index is 13.0. The molecule has 0 aliphatic carbocycles. The predicted octanol–water partition coefficient (Wildman–Crippen LogP) is 2.63. The maximum absolute atomic E-state index is 13.0. The fourth-order valence-corrected chi connectivity index (χ4v) is 5.07. The van der Waals surface area contributed by atoms with Gasteiger partial charge >= 0.3 is 0 Å². The van der Waals surface area contributed by atoms with Crippen molar-refractivity contribution in [3.8, 4) is 0 Å². The molecule has 3 aliphatic rings. The minimum absolute atomic E-state index is 0.130. The van der Waals surface area contributed by atoms with Gasteiger partial charge in [0.25, 0.3) is 0 Å². The molecule has 1 spiro atoms. The van der Waals surface area contributed by atoms with Crippen LogP contribution >= 0.6 is 0 Å². The number of hydrogen-bond donors (Lipinski definition) is 1. The van der Waals surface area contributed by atoms with Crippen molar-refractivity contribution in [3.05, 3.63) is 53.2 Å². The molecule has 0 unspecified atom stereocenters. The lowest BCUT2D eigenvalue weighted by molar-refractivity contribution is -0.121. The van der Waals surface area contributed by atoms with Crippen LogP contribution in [0.2, 0.25) is 0 Å². The molecule has 0 radical (unpaired) electrons. The minimum Gasteiger partial charge on any atom is -0.371 e. The number of fused-ring (bicyclic) bond motifs is 2. The van der Waals surface area contributed by atoms with E-state index >= 15 is 0 Å². The van der Waals surface area contributed by atoms with Crippen molar-refractivity contribution in [2.45, 2.75) is 31.7 Å². The van der Waals surface area contributed by atoms with Crippen LogP contribution in [0.5, 0.6) is 0 Å². The molecule has 158 valence electrons. The topological polar surface area (TPSA) is 51.7 Å². The number of aromatic nitrogens is 1. The highest BCUT2D eigenvalue weighted by Gasteiger charge is 2.49. The van der Waals surface area contributed by atoms with Crippen molar-refractivity contribution in [2.75, 3.05) is 56.5 Å². The van der Waals surface area contributed by atoms with E-state index in [1.165, 1.54) is 16.8 Å². The first-order valence-electron chi connectivity index (χ1n) is 11.1. The van der Waals surface area contributed by atoms with Crippen molar-refractivity contribution in [1.29, 1.82) is 0 Å². The zero-order chi connectivity index (χ0) is 20.7. The normalized spacial score (nSPS) is 21.7. The lowest BCUT2D eigenvalue weighted by Crippen LogP contribution is -2.46. The van der Waals surface area contributed by atoms with Crippen LogP contribution in [-0.2, 0) is 16.8 Å². The second-order valence-electron chi connectivity index (χ2n) is 9.18. The Labute approximate surface area is 178 Å². The summed E-state index contributed by atoms with van der Waals surface area (Å²) in [5, 5.41) is 3.07. The average Bonchev–Trinajstić information content (AvgIpc) is 3.02. The van der Waals surface area contributed by atoms with E-state index in [4.69, 9.17) is 0 Å². The number of aryl methyl sites for hydroxylation is 1. The summed E-state index contributed by atoms with van der Waals surface area (Å²) in [6, 6.07) is 10.9. The predicted molar refractivity (Wildman–Crippen MR) is 120 cm³/mol. The van der Waals surface area contributed by atoms with E-state index in [9.17, 15) is 4.79 Å². The molecule has 0 saturated carbocycles. The first kappa shape index (κ1) is 19.5. The number of hydrogen-bond acceptors (Lipinski definition) is 5. The Kier molecular flexibility index (Phi) is 4.99. The Morgan fingerprint density at radius 2 is 1.73 bits per heavy atom. The van der Waals surface area contributed by atoms with Crippen molar-refractivity contribution in [3.63, 3.8) is 0 Å². The molecule has 2 aromatic rings. The van der Waals surface area contributed by atoms with Gasteiger partial charge in [0, 0.05) is 63.3 Å². The zero-order valence-corrected chi connectivity index (χ0v) is 18.0. The third-order valence-electron chi connectivity index (χ3n) is 7.14. The minimum atomic E-state index is -0.429. The number of likely N-dealkylation sites (N-methyl/N-ethyl adjacent to an activating group) is 1. The highest BCUT2D eigenvalue weighted by molar-refractivity contribution is 6.05.